The molecule has 0 saturated heterocycles. The molecule has 0 aliphatic heterocycles. The van der Waals surface area contributed by atoms with Gasteiger partial charge >= 0.3 is 5.97 Å². The smallest absolute Gasteiger partial charge is 0.331 e. The molecule has 1 rings (SSSR count). The summed E-state index contributed by atoms with van der Waals surface area (Å²) < 4.78 is 4.94. The molecule has 0 aliphatic rings. The predicted octanol–water partition coefficient (Wildman–Crippen LogP) is 2.39. The Balaban J connectivity index is 2.55. The minimum Gasteiger partial charge on any atom is -0.449 e. The maximum atomic E-state index is 11.8. The van der Waals surface area contributed by atoms with Crippen molar-refractivity contribution in [3.63, 3.8) is 0 Å². The summed E-state index contributed by atoms with van der Waals surface area (Å²) in [5.41, 5.74) is 1.05. The summed E-state index contributed by atoms with van der Waals surface area (Å²) in [6, 6.07) is 8.40. The molecule has 0 aliphatic carbocycles. The van der Waals surface area contributed by atoms with E-state index in [1.807, 2.05) is 13.0 Å². The van der Waals surface area contributed by atoms with Crippen molar-refractivity contribution in [1.29, 1.82) is 5.26 Å². The molecule has 0 spiro atoms. The summed E-state index contributed by atoms with van der Waals surface area (Å²) in [4.78, 5) is 23.1. The number of nitriles is 1. The lowest BCUT2D eigenvalue weighted by atomic mass is 10.2. The average molecular weight is 272 g/mol. The number of nitrogens with zero attached hydrogens (tertiary/aromatic N) is 1. The van der Waals surface area contributed by atoms with E-state index in [9.17, 15) is 9.59 Å². The quantitative estimate of drug-likeness (QED) is 0.659. The van der Waals surface area contributed by atoms with E-state index >= 15 is 0 Å². The Hall–Kier alpha value is -2.61. The molecule has 1 atom stereocenters. The Morgan fingerprint density at radius 1 is 1.40 bits per heavy atom. The highest BCUT2D eigenvalue weighted by Crippen LogP contribution is 2.09. The number of ether oxygens (including phenoxy) is 1. The number of allylic oxidation sites excluding steroid dienone is 1. The summed E-state index contributed by atoms with van der Waals surface area (Å²) in [5, 5.41) is 11.3. The molecule has 0 bridgehead atoms. The Morgan fingerprint density at radius 3 is 2.60 bits per heavy atom. The van der Waals surface area contributed by atoms with Gasteiger partial charge in [0, 0.05) is 11.8 Å². The van der Waals surface area contributed by atoms with Gasteiger partial charge in [-0.25, -0.2) is 4.79 Å². The molecule has 1 N–H and O–H groups in total. The lowest BCUT2D eigenvalue weighted by Gasteiger charge is -2.12. The molecule has 5 nitrogen and oxygen atoms in total. The number of anilines is 1. The molecule has 1 aromatic carbocycles. The predicted molar refractivity (Wildman–Crippen MR) is 74.8 cm³/mol. The van der Waals surface area contributed by atoms with Crippen molar-refractivity contribution >= 4 is 17.6 Å². The third-order valence-electron chi connectivity index (χ3n) is 2.43. The van der Waals surface area contributed by atoms with Crippen LogP contribution in [0.5, 0.6) is 0 Å². The van der Waals surface area contributed by atoms with Crippen molar-refractivity contribution in [2.45, 2.75) is 26.4 Å². The highest BCUT2D eigenvalue weighted by molar-refractivity contribution is 5.95. The molecule has 5 heteroatoms. The monoisotopic (exact) mass is 272 g/mol. The maximum Gasteiger partial charge on any atom is 0.331 e. The minimum atomic E-state index is -0.889. The average Bonchev–Trinajstić information content (AvgIpc) is 2.45. The van der Waals surface area contributed by atoms with Gasteiger partial charge in [0.25, 0.3) is 5.91 Å². The molecule has 0 aromatic heterocycles. The fraction of sp³-hybridized carbons (Fsp3) is 0.267. The lowest BCUT2D eigenvalue weighted by Crippen LogP contribution is -2.29. The molecule has 0 fully saturated rings. The first kappa shape index (κ1) is 15.4. The number of nitrogens with one attached hydrogen (secondary N) is 1. The van der Waals surface area contributed by atoms with Gasteiger partial charge in [-0.3, -0.25) is 4.79 Å². The van der Waals surface area contributed by atoms with Crippen LogP contribution >= 0.6 is 0 Å². The summed E-state index contributed by atoms with van der Waals surface area (Å²) >= 11 is 0. The van der Waals surface area contributed by atoms with Crippen LogP contribution in [0.1, 0.15) is 25.8 Å². The second kappa shape index (κ2) is 7.74. The lowest BCUT2D eigenvalue weighted by molar-refractivity contribution is -0.148. The van der Waals surface area contributed by atoms with Crippen LogP contribution in [-0.2, 0) is 14.3 Å². The Kier molecular flexibility index (Phi) is 5.98. The number of carbonyl (C=O) groups is 2. The van der Waals surface area contributed by atoms with E-state index < -0.39 is 18.0 Å². The van der Waals surface area contributed by atoms with Gasteiger partial charge in [0.05, 0.1) is 11.6 Å². The van der Waals surface area contributed by atoms with E-state index in [-0.39, 0.29) is 0 Å². The third-order valence-corrected chi connectivity index (χ3v) is 2.43. The van der Waals surface area contributed by atoms with Gasteiger partial charge in [-0.05, 0) is 37.6 Å². The van der Waals surface area contributed by atoms with Gasteiger partial charge in [-0.2, -0.15) is 5.26 Å². The highest BCUT2D eigenvalue weighted by atomic mass is 16.5. The number of carbonyl (C=O) groups excluding carboxylic acids is 2. The van der Waals surface area contributed by atoms with Gasteiger partial charge in [0.2, 0.25) is 0 Å². The maximum absolute atomic E-state index is 11.8. The van der Waals surface area contributed by atoms with E-state index in [0.717, 1.165) is 6.42 Å². The topological polar surface area (TPSA) is 79.2 Å². The van der Waals surface area contributed by atoms with Crippen LogP contribution in [0.3, 0.4) is 0 Å². The SMILES string of the molecule is CC/C=C/C(=O)OC(C)C(=O)Nc1ccc(C#N)cc1. The van der Waals surface area contributed by atoms with E-state index in [1.165, 1.54) is 13.0 Å². The van der Waals surface area contributed by atoms with E-state index in [4.69, 9.17) is 10.00 Å². The molecule has 104 valence electrons. The van der Waals surface area contributed by atoms with Crippen molar-refractivity contribution in [3.8, 4) is 6.07 Å². The highest BCUT2D eigenvalue weighted by Gasteiger charge is 2.16. The molecule has 20 heavy (non-hydrogen) atoms. The number of amides is 1. The largest absolute Gasteiger partial charge is 0.449 e. The van der Waals surface area contributed by atoms with Gasteiger partial charge in [0.1, 0.15) is 0 Å². The zero-order valence-corrected chi connectivity index (χ0v) is 11.4. The van der Waals surface area contributed by atoms with Crippen LogP contribution in [0.2, 0.25) is 0 Å². The summed E-state index contributed by atoms with van der Waals surface area (Å²) in [7, 11) is 0. The molecule has 1 amide bonds. The first-order valence-corrected chi connectivity index (χ1v) is 6.25. The molecular weight excluding hydrogens is 256 g/mol. The summed E-state index contributed by atoms with van der Waals surface area (Å²) in [6.07, 6.45) is 2.79. The fourth-order valence-electron chi connectivity index (χ4n) is 1.35. The zero-order valence-electron chi connectivity index (χ0n) is 11.4. The second-order valence-corrected chi connectivity index (χ2v) is 4.07. The van der Waals surface area contributed by atoms with E-state index in [2.05, 4.69) is 5.32 Å². The molecule has 0 saturated carbocycles. The van der Waals surface area contributed by atoms with Crippen molar-refractivity contribution in [2.24, 2.45) is 0 Å². The van der Waals surface area contributed by atoms with Crippen molar-refractivity contribution in [2.75, 3.05) is 5.32 Å². The van der Waals surface area contributed by atoms with Gasteiger partial charge in [-0.1, -0.05) is 13.0 Å². The van der Waals surface area contributed by atoms with Crippen LogP contribution in [-0.4, -0.2) is 18.0 Å². The Bertz CT molecular complexity index is 541. The summed E-state index contributed by atoms with van der Waals surface area (Å²) in [6.45, 7) is 3.39. The Morgan fingerprint density at radius 2 is 2.05 bits per heavy atom. The van der Waals surface area contributed by atoms with E-state index in [1.54, 1.807) is 30.3 Å². The number of esters is 1. The van der Waals surface area contributed by atoms with Crippen molar-refractivity contribution < 1.29 is 14.3 Å². The van der Waals surface area contributed by atoms with Crippen LogP contribution in [0, 0.1) is 11.3 Å². The normalized spacial score (nSPS) is 11.7. The summed E-state index contributed by atoms with van der Waals surface area (Å²) in [5.74, 6) is -0.970. The van der Waals surface area contributed by atoms with Gasteiger partial charge in [-0.15, -0.1) is 0 Å². The number of hydrogen-bond acceptors (Lipinski definition) is 4. The molecular formula is C15H16N2O3. The number of rotatable bonds is 5. The fourth-order valence-corrected chi connectivity index (χ4v) is 1.35. The van der Waals surface area contributed by atoms with Crippen LogP contribution in [0.25, 0.3) is 0 Å². The van der Waals surface area contributed by atoms with Crippen LogP contribution < -0.4 is 5.32 Å². The second-order valence-electron chi connectivity index (χ2n) is 4.07. The molecule has 0 radical (unpaired) electrons. The van der Waals surface area contributed by atoms with Crippen LogP contribution in [0.15, 0.2) is 36.4 Å². The Labute approximate surface area is 117 Å². The van der Waals surface area contributed by atoms with Gasteiger partial charge in [0.15, 0.2) is 6.10 Å². The van der Waals surface area contributed by atoms with Crippen molar-refractivity contribution in [3.05, 3.63) is 42.0 Å². The first-order chi connectivity index (χ1) is 9.56. The molecule has 1 unspecified atom stereocenters. The molecule has 0 heterocycles. The molecule has 1 aromatic rings. The minimum absolute atomic E-state index is 0.423. The first-order valence-electron chi connectivity index (χ1n) is 6.25. The number of hydrogen-bond donors (Lipinski definition) is 1. The van der Waals surface area contributed by atoms with E-state index in [0.29, 0.717) is 11.3 Å². The standard InChI is InChI=1S/C15H16N2O3/c1-3-4-5-14(18)20-11(2)15(19)17-13-8-6-12(10-16)7-9-13/h4-9,11H,3H2,1-2H3,(H,17,19)/b5-4+. The third kappa shape index (κ3) is 4.94. The van der Waals surface area contributed by atoms with Crippen molar-refractivity contribution in [1.82, 2.24) is 0 Å². The number of benzene rings is 1. The zero-order chi connectivity index (χ0) is 15.0. The van der Waals surface area contributed by atoms with Crippen LogP contribution in [0.4, 0.5) is 5.69 Å². The van der Waals surface area contributed by atoms with Gasteiger partial charge < -0.3 is 10.1 Å².